The first kappa shape index (κ1) is 12.2. The van der Waals surface area contributed by atoms with E-state index in [0.717, 1.165) is 11.3 Å². The van der Waals surface area contributed by atoms with Gasteiger partial charge in [0.2, 0.25) is 0 Å². The van der Waals surface area contributed by atoms with Crippen LogP contribution in [0.3, 0.4) is 0 Å². The summed E-state index contributed by atoms with van der Waals surface area (Å²) >= 11 is 0. The van der Waals surface area contributed by atoms with Gasteiger partial charge in [-0.05, 0) is 31.7 Å². The molecule has 1 aromatic carbocycles. The Labute approximate surface area is 94.5 Å². The highest BCUT2D eigenvalue weighted by Crippen LogP contribution is 2.16. The van der Waals surface area contributed by atoms with Gasteiger partial charge in [-0.1, -0.05) is 12.1 Å². The van der Waals surface area contributed by atoms with Crippen molar-refractivity contribution < 1.29 is 4.79 Å². The molecular formula is C11H16N4O. The number of carbonyl (C=O) groups excluding carboxylic acids is 1. The third-order valence-electron chi connectivity index (χ3n) is 2.22. The normalized spacial score (nSPS) is 11.9. The molecule has 0 spiro atoms. The Bertz CT molecular complexity index is 385. The van der Waals surface area contributed by atoms with E-state index in [2.05, 4.69) is 10.6 Å². The van der Waals surface area contributed by atoms with E-state index < -0.39 is 0 Å². The van der Waals surface area contributed by atoms with Crippen LogP contribution in [0.15, 0.2) is 24.3 Å². The SMILES string of the molecule is CNC(C(C)=O)c1ccc(NC(=N)N)cc1. The third kappa shape index (κ3) is 3.06. The second-order valence-electron chi connectivity index (χ2n) is 3.49. The van der Waals surface area contributed by atoms with Crippen LogP contribution in [0.2, 0.25) is 0 Å². The lowest BCUT2D eigenvalue weighted by Crippen LogP contribution is -2.23. The molecule has 0 aliphatic rings. The molecule has 0 saturated carbocycles. The number of nitrogens with two attached hydrogens (primary N) is 1. The molecule has 5 nitrogen and oxygen atoms in total. The molecule has 0 amide bonds. The monoisotopic (exact) mass is 220 g/mol. The van der Waals surface area contributed by atoms with E-state index in [9.17, 15) is 4.79 Å². The Morgan fingerprint density at radius 2 is 1.94 bits per heavy atom. The van der Waals surface area contributed by atoms with Crippen LogP contribution in [-0.2, 0) is 4.79 Å². The van der Waals surface area contributed by atoms with Crippen LogP contribution in [-0.4, -0.2) is 18.8 Å². The molecule has 86 valence electrons. The van der Waals surface area contributed by atoms with Crippen molar-refractivity contribution in [3.05, 3.63) is 29.8 Å². The summed E-state index contributed by atoms with van der Waals surface area (Å²) in [5.74, 6) is -0.0424. The van der Waals surface area contributed by atoms with Crippen LogP contribution in [0.4, 0.5) is 5.69 Å². The van der Waals surface area contributed by atoms with Crippen molar-refractivity contribution >= 4 is 17.4 Å². The van der Waals surface area contributed by atoms with Crippen molar-refractivity contribution in [2.45, 2.75) is 13.0 Å². The number of likely N-dealkylation sites (N-methyl/N-ethyl adjacent to an activating group) is 1. The van der Waals surface area contributed by atoms with E-state index >= 15 is 0 Å². The lowest BCUT2D eigenvalue weighted by Gasteiger charge is -2.13. The average Bonchev–Trinajstić information content (AvgIpc) is 2.20. The van der Waals surface area contributed by atoms with Gasteiger partial charge in [0.15, 0.2) is 11.7 Å². The molecule has 0 heterocycles. The maximum absolute atomic E-state index is 11.3. The molecule has 0 aliphatic carbocycles. The fourth-order valence-electron chi connectivity index (χ4n) is 1.52. The largest absolute Gasteiger partial charge is 0.370 e. The molecule has 5 heteroatoms. The van der Waals surface area contributed by atoms with Gasteiger partial charge in [0.05, 0.1) is 6.04 Å². The molecule has 1 aromatic rings. The summed E-state index contributed by atoms with van der Waals surface area (Å²) in [6, 6.07) is 6.93. The van der Waals surface area contributed by atoms with Gasteiger partial charge < -0.3 is 16.4 Å². The van der Waals surface area contributed by atoms with Crippen molar-refractivity contribution in [3.63, 3.8) is 0 Å². The molecule has 1 rings (SSSR count). The number of rotatable bonds is 4. The third-order valence-corrected chi connectivity index (χ3v) is 2.22. The molecule has 0 aromatic heterocycles. The lowest BCUT2D eigenvalue weighted by atomic mass is 10.0. The first-order valence-electron chi connectivity index (χ1n) is 4.93. The zero-order valence-corrected chi connectivity index (χ0v) is 9.37. The molecule has 1 unspecified atom stereocenters. The number of hydrogen-bond donors (Lipinski definition) is 4. The fourth-order valence-corrected chi connectivity index (χ4v) is 1.52. The summed E-state index contributed by atoms with van der Waals surface area (Å²) in [6.07, 6.45) is 0. The van der Waals surface area contributed by atoms with Gasteiger partial charge in [-0.15, -0.1) is 0 Å². The quantitative estimate of drug-likeness (QED) is 0.447. The van der Waals surface area contributed by atoms with Crippen LogP contribution >= 0.6 is 0 Å². The first-order chi connectivity index (χ1) is 7.54. The highest BCUT2D eigenvalue weighted by atomic mass is 16.1. The molecule has 0 aliphatic heterocycles. The van der Waals surface area contributed by atoms with Crippen LogP contribution in [0.1, 0.15) is 18.5 Å². The molecule has 1 atom stereocenters. The maximum Gasteiger partial charge on any atom is 0.190 e. The highest BCUT2D eigenvalue weighted by Gasteiger charge is 2.13. The second-order valence-corrected chi connectivity index (χ2v) is 3.49. The minimum Gasteiger partial charge on any atom is -0.370 e. The van der Waals surface area contributed by atoms with Crippen molar-refractivity contribution in [1.82, 2.24) is 5.32 Å². The molecular weight excluding hydrogens is 204 g/mol. The van der Waals surface area contributed by atoms with Gasteiger partial charge in [-0.25, -0.2) is 0 Å². The molecule has 0 radical (unpaired) electrons. The topological polar surface area (TPSA) is 91.0 Å². The summed E-state index contributed by atoms with van der Waals surface area (Å²) in [4.78, 5) is 11.3. The Morgan fingerprint density at radius 1 is 1.38 bits per heavy atom. The highest BCUT2D eigenvalue weighted by molar-refractivity contribution is 5.89. The number of ketones is 1. The molecule has 16 heavy (non-hydrogen) atoms. The Balaban J connectivity index is 2.85. The first-order valence-corrected chi connectivity index (χ1v) is 4.93. The molecule has 0 fully saturated rings. The van der Waals surface area contributed by atoms with E-state index in [-0.39, 0.29) is 17.8 Å². The van der Waals surface area contributed by atoms with Gasteiger partial charge in [-0.3, -0.25) is 10.2 Å². The zero-order valence-electron chi connectivity index (χ0n) is 9.37. The number of benzene rings is 1. The number of hydrogen-bond acceptors (Lipinski definition) is 3. The average molecular weight is 220 g/mol. The predicted octanol–water partition coefficient (Wildman–Crippen LogP) is 0.841. The molecule has 5 N–H and O–H groups in total. The Morgan fingerprint density at radius 3 is 2.31 bits per heavy atom. The van der Waals surface area contributed by atoms with E-state index in [0.29, 0.717) is 0 Å². The number of guanidine groups is 1. The van der Waals surface area contributed by atoms with Gasteiger partial charge >= 0.3 is 0 Å². The molecule has 0 saturated heterocycles. The predicted molar refractivity (Wildman–Crippen MR) is 64.5 cm³/mol. The zero-order chi connectivity index (χ0) is 12.1. The van der Waals surface area contributed by atoms with Crippen molar-refractivity contribution in [1.29, 1.82) is 5.41 Å². The number of anilines is 1. The van der Waals surface area contributed by atoms with E-state index in [1.54, 1.807) is 26.1 Å². The van der Waals surface area contributed by atoms with Crippen LogP contribution in [0.25, 0.3) is 0 Å². The fraction of sp³-hybridized carbons (Fsp3) is 0.273. The van der Waals surface area contributed by atoms with Crippen molar-refractivity contribution in [3.8, 4) is 0 Å². The Hall–Kier alpha value is -1.88. The van der Waals surface area contributed by atoms with E-state index in [4.69, 9.17) is 11.1 Å². The van der Waals surface area contributed by atoms with Gasteiger partial charge in [0.25, 0.3) is 0 Å². The summed E-state index contributed by atoms with van der Waals surface area (Å²) < 4.78 is 0. The number of nitrogens with one attached hydrogen (secondary N) is 3. The summed E-state index contributed by atoms with van der Waals surface area (Å²) in [5, 5.41) is 12.7. The van der Waals surface area contributed by atoms with E-state index in [1.165, 1.54) is 0 Å². The van der Waals surface area contributed by atoms with Crippen LogP contribution in [0, 0.1) is 5.41 Å². The standard InChI is InChI=1S/C11H16N4O/c1-7(16)10(14-2)8-3-5-9(6-4-8)15-11(12)13/h3-6,10,14H,1-2H3,(H4,12,13,15). The van der Waals surface area contributed by atoms with Crippen molar-refractivity contribution in [2.24, 2.45) is 5.73 Å². The minimum absolute atomic E-state index is 0.0646. The van der Waals surface area contributed by atoms with Gasteiger partial charge in [-0.2, -0.15) is 0 Å². The van der Waals surface area contributed by atoms with Gasteiger partial charge in [0, 0.05) is 5.69 Å². The Kier molecular flexibility index (Phi) is 4.02. The van der Waals surface area contributed by atoms with Crippen molar-refractivity contribution in [2.75, 3.05) is 12.4 Å². The van der Waals surface area contributed by atoms with E-state index in [1.807, 2.05) is 12.1 Å². The number of Topliss-reactive ketones (excluding diaryl/α,β-unsaturated/α-hetero) is 1. The van der Waals surface area contributed by atoms with Crippen LogP contribution < -0.4 is 16.4 Å². The summed E-state index contributed by atoms with van der Waals surface area (Å²) in [5.41, 5.74) is 6.83. The maximum atomic E-state index is 11.3. The smallest absolute Gasteiger partial charge is 0.190 e. The lowest BCUT2D eigenvalue weighted by molar-refractivity contribution is -0.119. The van der Waals surface area contributed by atoms with Crippen LogP contribution in [0.5, 0.6) is 0 Å². The number of carbonyl (C=O) groups is 1. The summed E-state index contributed by atoms with van der Waals surface area (Å²) in [7, 11) is 1.74. The van der Waals surface area contributed by atoms with Gasteiger partial charge in [0.1, 0.15) is 0 Å². The molecule has 0 bridgehead atoms. The second kappa shape index (κ2) is 5.27. The summed E-state index contributed by atoms with van der Waals surface area (Å²) in [6.45, 7) is 1.54. The minimum atomic E-state index is -0.286.